The summed E-state index contributed by atoms with van der Waals surface area (Å²) in [6.07, 6.45) is 5.34. The molecule has 0 spiro atoms. The Hall–Kier alpha value is -1.38. The van der Waals surface area contributed by atoms with Gasteiger partial charge in [-0.25, -0.2) is 0 Å². The third-order valence-electron chi connectivity index (χ3n) is 3.68. The second-order valence-corrected chi connectivity index (χ2v) is 4.86. The normalized spacial score (nSPS) is 18.0. The third kappa shape index (κ3) is 2.84. The zero-order chi connectivity index (χ0) is 12.3. The van der Waals surface area contributed by atoms with Crippen molar-refractivity contribution in [2.45, 2.75) is 38.6 Å². The molecule has 0 saturated heterocycles. The molecule has 2 N–H and O–H groups in total. The fourth-order valence-electron chi connectivity index (χ4n) is 2.62. The zero-order valence-electron chi connectivity index (χ0n) is 10.6. The lowest BCUT2D eigenvalue weighted by molar-refractivity contribution is 0.373. The lowest BCUT2D eigenvalue weighted by atomic mass is 9.99. The molecule has 1 aromatic rings. The van der Waals surface area contributed by atoms with E-state index < -0.39 is 0 Å². The minimum Gasteiger partial charge on any atom is -0.504 e. The molecule has 0 aromatic heterocycles. The molecule has 3 heteroatoms. The van der Waals surface area contributed by atoms with Crippen LogP contribution in [0, 0.1) is 5.92 Å². The van der Waals surface area contributed by atoms with Gasteiger partial charge < -0.3 is 15.2 Å². The summed E-state index contributed by atoms with van der Waals surface area (Å²) in [6, 6.07) is 5.93. The smallest absolute Gasteiger partial charge is 0.160 e. The summed E-state index contributed by atoms with van der Waals surface area (Å²) in [5.74, 6) is 1.47. The van der Waals surface area contributed by atoms with Gasteiger partial charge in [-0.2, -0.15) is 0 Å². The van der Waals surface area contributed by atoms with Crippen LogP contribution >= 0.6 is 0 Å². The topological polar surface area (TPSA) is 41.5 Å². The Bertz CT molecular complexity index is 372. The average molecular weight is 235 g/mol. The van der Waals surface area contributed by atoms with Crippen LogP contribution in [0.1, 0.15) is 32.6 Å². The second kappa shape index (κ2) is 5.30. The number of ether oxygens (including phenoxy) is 1. The molecule has 1 aromatic carbocycles. The van der Waals surface area contributed by atoms with Crippen molar-refractivity contribution in [2.24, 2.45) is 5.92 Å². The van der Waals surface area contributed by atoms with Crippen molar-refractivity contribution < 1.29 is 9.84 Å². The van der Waals surface area contributed by atoms with E-state index in [1.165, 1.54) is 25.7 Å². The first-order valence-electron chi connectivity index (χ1n) is 6.34. The number of phenols is 1. The third-order valence-corrected chi connectivity index (χ3v) is 3.68. The molecule has 1 fully saturated rings. The minimum absolute atomic E-state index is 0.191. The van der Waals surface area contributed by atoms with Gasteiger partial charge in [0.2, 0.25) is 0 Å². The summed E-state index contributed by atoms with van der Waals surface area (Å²) in [6.45, 7) is 2.22. The monoisotopic (exact) mass is 235 g/mol. The van der Waals surface area contributed by atoms with Crippen LogP contribution in [0.3, 0.4) is 0 Å². The van der Waals surface area contributed by atoms with Gasteiger partial charge in [0.15, 0.2) is 11.5 Å². The van der Waals surface area contributed by atoms with Gasteiger partial charge in [-0.05, 0) is 37.8 Å². The largest absolute Gasteiger partial charge is 0.504 e. The molecule has 94 valence electrons. The van der Waals surface area contributed by atoms with Gasteiger partial charge in [0, 0.05) is 17.8 Å². The highest BCUT2D eigenvalue weighted by molar-refractivity contribution is 5.54. The standard InChI is InChI=1S/C14H21NO2/c1-10(11-5-3-4-6-11)15-12-7-8-14(17-2)13(16)9-12/h7-11,15-16H,3-6H2,1-2H3. The Morgan fingerprint density at radius 1 is 1.35 bits per heavy atom. The van der Waals surface area contributed by atoms with Crippen LogP contribution in [0.4, 0.5) is 5.69 Å². The van der Waals surface area contributed by atoms with E-state index in [1.807, 2.05) is 6.07 Å². The van der Waals surface area contributed by atoms with Crippen molar-refractivity contribution in [3.63, 3.8) is 0 Å². The van der Waals surface area contributed by atoms with Crippen molar-refractivity contribution in [3.05, 3.63) is 18.2 Å². The van der Waals surface area contributed by atoms with Gasteiger partial charge in [-0.15, -0.1) is 0 Å². The number of aromatic hydroxyl groups is 1. The van der Waals surface area contributed by atoms with Gasteiger partial charge in [-0.3, -0.25) is 0 Å². The van der Waals surface area contributed by atoms with E-state index in [0.29, 0.717) is 11.8 Å². The Kier molecular flexibility index (Phi) is 3.77. The zero-order valence-corrected chi connectivity index (χ0v) is 10.6. The fourth-order valence-corrected chi connectivity index (χ4v) is 2.62. The highest BCUT2D eigenvalue weighted by atomic mass is 16.5. The molecule has 0 amide bonds. The number of benzene rings is 1. The summed E-state index contributed by atoms with van der Waals surface area (Å²) < 4.78 is 5.03. The van der Waals surface area contributed by atoms with Gasteiger partial charge in [-0.1, -0.05) is 12.8 Å². The molecule has 0 radical (unpaired) electrons. The molecule has 2 rings (SSSR count). The summed E-state index contributed by atoms with van der Waals surface area (Å²) >= 11 is 0. The summed E-state index contributed by atoms with van der Waals surface area (Å²) in [5.41, 5.74) is 0.961. The van der Waals surface area contributed by atoms with Crippen molar-refractivity contribution in [1.29, 1.82) is 0 Å². The fraction of sp³-hybridized carbons (Fsp3) is 0.571. The minimum atomic E-state index is 0.191. The summed E-state index contributed by atoms with van der Waals surface area (Å²) in [4.78, 5) is 0. The number of hydrogen-bond acceptors (Lipinski definition) is 3. The molecular formula is C14H21NO2. The SMILES string of the molecule is COc1ccc(NC(C)C2CCCC2)cc1O. The molecule has 0 aliphatic heterocycles. The van der Waals surface area contributed by atoms with Crippen LogP contribution in [0.15, 0.2) is 18.2 Å². The lowest BCUT2D eigenvalue weighted by Crippen LogP contribution is -2.23. The molecular weight excluding hydrogens is 214 g/mol. The van der Waals surface area contributed by atoms with Gasteiger partial charge in [0.1, 0.15) is 0 Å². The number of phenolic OH excluding ortho intramolecular Hbond substituents is 1. The van der Waals surface area contributed by atoms with E-state index >= 15 is 0 Å². The predicted molar refractivity (Wildman–Crippen MR) is 69.7 cm³/mol. The number of anilines is 1. The van der Waals surface area contributed by atoms with Crippen LogP contribution in [0.5, 0.6) is 11.5 Å². The maximum atomic E-state index is 9.70. The van der Waals surface area contributed by atoms with E-state index in [2.05, 4.69) is 12.2 Å². The molecule has 0 bridgehead atoms. The molecule has 17 heavy (non-hydrogen) atoms. The molecule has 1 unspecified atom stereocenters. The van der Waals surface area contributed by atoms with Crippen LogP contribution in [-0.4, -0.2) is 18.3 Å². The first kappa shape index (κ1) is 12.1. The summed E-state index contributed by atoms with van der Waals surface area (Å²) in [5, 5.41) is 13.2. The second-order valence-electron chi connectivity index (χ2n) is 4.86. The van der Waals surface area contributed by atoms with E-state index in [0.717, 1.165) is 11.6 Å². The number of rotatable bonds is 4. The van der Waals surface area contributed by atoms with E-state index in [4.69, 9.17) is 4.74 Å². The van der Waals surface area contributed by atoms with E-state index in [1.54, 1.807) is 19.2 Å². The summed E-state index contributed by atoms with van der Waals surface area (Å²) in [7, 11) is 1.56. The maximum absolute atomic E-state index is 9.70. The molecule has 1 saturated carbocycles. The van der Waals surface area contributed by atoms with Crippen LogP contribution < -0.4 is 10.1 Å². The quantitative estimate of drug-likeness (QED) is 0.840. The van der Waals surface area contributed by atoms with Crippen LogP contribution in [0.2, 0.25) is 0 Å². The Morgan fingerprint density at radius 3 is 2.65 bits per heavy atom. The Morgan fingerprint density at radius 2 is 2.06 bits per heavy atom. The maximum Gasteiger partial charge on any atom is 0.160 e. The molecule has 0 heterocycles. The molecule has 1 aliphatic rings. The van der Waals surface area contributed by atoms with Crippen molar-refractivity contribution >= 4 is 5.69 Å². The van der Waals surface area contributed by atoms with Crippen molar-refractivity contribution in [2.75, 3.05) is 12.4 Å². The van der Waals surface area contributed by atoms with Gasteiger partial charge in [0.25, 0.3) is 0 Å². The molecule has 1 aliphatic carbocycles. The van der Waals surface area contributed by atoms with Crippen molar-refractivity contribution in [3.8, 4) is 11.5 Å². The highest BCUT2D eigenvalue weighted by Crippen LogP contribution is 2.32. The highest BCUT2D eigenvalue weighted by Gasteiger charge is 2.21. The van der Waals surface area contributed by atoms with Crippen LogP contribution in [-0.2, 0) is 0 Å². The van der Waals surface area contributed by atoms with Gasteiger partial charge >= 0.3 is 0 Å². The lowest BCUT2D eigenvalue weighted by Gasteiger charge is -2.21. The van der Waals surface area contributed by atoms with Crippen molar-refractivity contribution in [1.82, 2.24) is 0 Å². The van der Waals surface area contributed by atoms with E-state index in [9.17, 15) is 5.11 Å². The first-order valence-corrected chi connectivity index (χ1v) is 6.34. The molecule has 3 nitrogen and oxygen atoms in total. The van der Waals surface area contributed by atoms with Gasteiger partial charge in [0.05, 0.1) is 7.11 Å². The number of nitrogens with one attached hydrogen (secondary N) is 1. The predicted octanol–water partition coefficient (Wildman–Crippen LogP) is 3.39. The Labute approximate surface area is 103 Å². The van der Waals surface area contributed by atoms with E-state index in [-0.39, 0.29) is 5.75 Å². The first-order chi connectivity index (χ1) is 8.20. The number of methoxy groups -OCH3 is 1. The molecule has 1 atom stereocenters. The van der Waals surface area contributed by atoms with Crippen LogP contribution in [0.25, 0.3) is 0 Å². The number of hydrogen-bond donors (Lipinski definition) is 2. The average Bonchev–Trinajstić information content (AvgIpc) is 2.82. The Balaban J connectivity index is 2.00.